The predicted molar refractivity (Wildman–Crippen MR) is 87.5 cm³/mol. The average Bonchev–Trinajstić information content (AvgIpc) is 3.25. The first-order valence-corrected chi connectivity index (χ1v) is 7.37. The lowest BCUT2D eigenvalue weighted by Gasteiger charge is -2.19. The molecule has 3 nitrogen and oxygen atoms in total. The van der Waals surface area contributed by atoms with Crippen molar-refractivity contribution in [1.29, 1.82) is 0 Å². The number of pyridine rings is 1. The van der Waals surface area contributed by atoms with Crippen LogP contribution < -0.4 is 14.9 Å². The Hall–Kier alpha value is -2.04. The monoisotopic (exact) mass is 299 g/mol. The molecule has 5 heteroatoms. The van der Waals surface area contributed by atoms with E-state index in [0.29, 0.717) is 11.4 Å². The van der Waals surface area contributed by atoms with Crippen molar-refractivity contribution in [2.75, 3.05) is 14.2 Å². The van der Waals surface area contributed by atoms with E-state index in [1.807, 2.05) is 13.9 Å². The van der Waals surface area contributed by atoms with Crippen LogP contribution in [0.2, 0.25) is 0 Å². The van der Waals surface area contributed by atoms with E-state index in [-0.39, 0.29) is 11.2 Å². The molecule has 0 amide bonds. The molecule has 0 spiro atoms. The van der Waals surface area contributed by atoms with Crippen LogP contribution in [-0.4, -0.2) is 27.0 Å². The lowest BCUT2D eigenvalue weighted by Crippen LogP contribution is -2.15. The molecule has 1 aliphatic rings. The van der Waals surface area contributed by atoms with Crippen LogP contribution in [-0.2, 0) is 5.41 Å². The van der Waals surface area contributed by atoms with Crippen LogP contribution in [0, 0.1) is 5.82 Å². The number of nitrogens with zero attached hydrogens (tertiary/aromatic N) is 1. The summed E-state index contributed by atoms with van der Waals surface area (Å²) in [6, 6.07) is 5.54. The zero-order chi connectivity index (χ0) is 15.9. The quantitative estimate of drug-likeness (QED) is 0.811. The lowest BCUT2D eigenvalue weighted by atomic mass is 9.84. The van der Waals surface area contributed by atoms with E-state index >= 15 is 0 Å². The molecule has 3 rings (SSSR count). The zero-order valence-electron chi connectivity index (χ0n) is 13.4. The summed E-state index contributed by atoms with van der Waals surface area (Å²) in [6.45, 7) is 2.23. The van der Waals surface area contributed by atoms with Crippen LogP contribution in [0.5, 0.6) is 11.6 Å². The number of hydrogen-bond donors (Lipinski definition) is 0. The summed E-state index contributed by atoms with van der Waals surface area (Å²) in [6.07, 6.45) is 3.46. The van der Waals surface area contributed by atoms with E-state index in [9.17, 15) is 4.39 Å². The summed E-state index contributed by atoms with van der Waals surface area (Å²) in [4.78, 5) is 4.02. The highest BCUT2D eigenvalue weighted by Gasteiger charge is 2.41. The number of hydrogen-bond acceptors (Lipinski definition) is 3. The largest absolute Gasteiger partial charge is 0.497 e. The molecule has 0 aliphatic heterocycles. The Labute approximate surface area is 130 Å². The van der Waals surface area contributed by atoms with Gasteiger partial charge in [-0.3, -0.25) is 0 Å². The number of ether oxygens (including phenoxy) is 2. The fourth-order valence-electron chi connectivity index (χ4n) is 2.90. The summed E-state index contributed by atoms with van der Waals surface area (Å²) < 4.78 is 24.5. The van der Waals surface area contributed by atoms with Gasteiger partial charge in [0.05, 0.1) is 20.4 Å². The lowest BCUT2D eigenvalue weighted by molar-refractivity contribution is 0.397. The molecule has 0 bridgehead atoms. The third-order valence-electron chi connectivity index (χ3n) is 4.45. The molecule has 1 aliphatic carbocycles. The number of methoxy groups -OCH3 is 2. The fourth-order valence-corrected chi connectivity index (χ4v) is 2.90. The maximum Gasteiger partial charge on any atom is 0.221 e. The second-order valence-electron chi connectivity index (χ2n) is 6.14. The minimum absolute atomic E-state index is 0.153. The Morgan fingerprint density at radius 1 is 1.18 bits per heavy atom. The van der Waals surface area contributed by atoms with Gasteiger partial charge in [0.2, 0.25) is 5.88 Å². The highest BCUT2D eigenvalue weighted by atomic mass is 19.1. The summed E-state index contributed by atoms with van der Waals surface area (Å²) in [7, 11) is 5.25. The summed E-state index contributed by atoms with van der Waals surface area (Å²) in [5, 5.41) is 0. The molecular formula is C17H19BFNO2. The Balaban J connectivity index is 2.20. The molecule has 0 unspecified atom stereocenters. The first-order chi connectivity index (χ1) is 10.5. The van der Waals surface area contributed by atoms with E-state index in [4.69, 9.17) is 9.47 Å². The highest BCUT2D eigenvalue weighted by molar-refractivity contribution is 6.34. The molecule has 1 fully saturated rings. The molecule has 0 N–H and O–H groups in total. The van der Waals surface area contributed by atoms with Gasteiger partial charge in [-0.05, 0) is 41.4 Å². The molecule has 22 heavy (non-hydrogen) atoms. The second kappa shape index (κ2) is 5.31. The van der Waals surface area contributed by atoms with Crippen molar-refractivity contribution >= 4 is 13.3 Å². The van der Waals surface area contributed by atoms with Gasteiger partial charge in [0.1, 0.15) is 19.4 Å². The Morgan fingerprint density at radius 3 is 2.50 bits per heavy atom. The van der Waals surface area contributed by atoms with Crippen LogP contribution in [0.25, 0.3) is 11.1 Å². The molecule has 114 valence electrons. The van der Waals surface area contributed by atoms with Crippen molar-refractivity contribution in [3.8, 4) is 22.8 Å². The van der Waals surface area contributed by atoms with Crippen molar-refractivity contribution in [3.63, 3.8) is 0 Å². The standard InChI is InChI=1S/C17H19BFNO2/c1-17(4-5-17)13-6-10(7-14(18)15(13)21-2)12-8-11(19)9-20-16(12)22-3/h6-9H,4-5,18H2,1-3H3. The van der Waals surface area contributed by atoms with Crippen molar-refractivity contribution in [2.45, 2.75) is 25.2 Å². The van der Waals surface area contributed by atoms with Crippen LogP contribution in [0.15, 0.2) is 24.4 Å². The van der Waals surface area contributed by atoms with E-state index in [2.05, 4.69) is 18.0 Å². The smallest absolute Gasteiger partial charge is 0.221 e. The zero-order valence-corrected chi connectivity index (χ0v) is 13.4. The van der Waals surface area contributed by atoms with Gasteiger partial charge in [0, 0.05) is 11.1 Å². The number of halogens is 1. The van der Waals surface area contributed by atoms with Gasteiger partial charge in [0.15, 0.2) is 0 Å². The molecular weight excluding hydrogens is 280 g/mol. The van der Waals surface area contributed by atoms with Gasteiger partial charge < -0.3 is 9.47 Å². The first kappa shape index (κ1) is 14.9. The number of aromatic nitrogens is 1. The minimum Gasteiger partial charge on any atom is -0.497 e. The van der Waals surface area contributed by atoms with Crippen LogP contribution in [0.3, 0.4) is 0 Å². The van der Waals surface area contributed by atoms with Crippen molar-refractivity contribution in [1.82, 2.24) is 4.98 Å². The van der Waals surface area contributed by atoms with Gasteiger partial charge >= 0.3 is 0 Å². The highest BCUT2D eigenvalue weighted by Crippen LogP contribution is 2.51. The minimum atomic E-state index is -0.372. The number of rotatable bonds is 4. The Morgan fingerprint density at radius 2 is 1.91 bits per heavy atom. The molecule has 1 aromatic carbocycles. The van der Waals surface area contributed by atoms with Crippen LogP contribution in [0.1, 0.15) is 25.3 Å². The molecule has 0 saturated heterocycles. The van der Waals surface area contributed by atoms with Gasteiger partial charge in [-0.1, -0.05) is 13.0 Å². The molecule has 2 aromatic rings. The van der Waals surface area contributed by atoms with Crippen molar-refractivity contribution in [3.05, 3.63) is 35.8 Å². The van der Waals surface area contributed by atoms with Crippen LogP contribution in [0.4, 0.5) is 4.39 Å². The van der Waals surface area contributed by atoms with Gasteiger partial charge in [-0.2, -0.15) is 0 Å². The predicted octanol–water partition coefficient (Wildman–Crippen LogP) is 2.21. The second-order valence-corrected chi connectivity index (χ2v) is 6.14. The fraction of sp³-hybridized carbons (Fsp3) is 0.353. The van der Waals surface area contributed by atoms with Crippen LogP contribution >= 0.6 is 0 Å². The first-order valence-electron chi connectivity index (χ1n) is 7.37. The van der Waals surface area contributed by atoms with Crippen molar-refractivity contribution in [2.24, 2.45) is 0 Å². The van der Waals surface area contributed by atoms with E-state index in [1.165, 1.54) is 17.8 Å². The molecule has 0 radical (unpaired) electrons. The Kier molecular flexibility index (Phi) is 3.59. The summed E-state index contributed by atoms with van der Waals surface area (Å²) in [5.74, 6) is 0.980. The topological polar surface area (TPSA) is 31.4 Å². The van der Waals surface area contributed by atoms with E-state index < -0.39 is 0 Å². The summed E-state index contributed by atoms with van der Waals surface area (Å²) >= 11 is 0. The molecule has 1 heterocycles. The maximum atomic E-state index is 13.6. The molecule has 1 saturated carbocycles. The third kappa shape index (κ3) is 2.45. The molecule has 1 aromatic heterocycles. The maximum absolute atomic E-state index is 13.6. The summed E-state index contributed by atoms with van der Waals surface area (Å²) in [5.41, 5.74) is 3.94. The van der Waals surface area contributed by atoms with Gasteiger partial charge in [0.25, 0.3) is 0 Å². The van der Waals surface area contributed by atoms with E-state index in [0.717, 1.165) is 29.6 Å². The average molecular weight is 299 g/mol. The normalized spacial score (nSPS) is 15.5. The van der Waals surface area contributed by atoms with Gasteiger partial charge in [-0.15, -0.1) is 0 Å². The third-order valence-corrected chi connectivity index (χ3v) is 4.45. The molecule has 0 atom stereocenters. The van der Waals surface area contributed by atoms with E-state index in [1.54, 1.807) is 14.2 Å². The van der Waals surface area contributed by atoms with Crippen molar-refractivity contribution < 1.29 is 13.9 Å². The number of benzene rings is 1. The van der Waals surface area contributed by atoms with Gasteiger partial charge in [-0.25, -0.2) is 9.37 Å². The SMILES string of the molecule is Bc1cc(-c2cc(F)cnc2OC)cc(C2(C)CC2)c1OC. The Bertz CT molecular complexity index is 729.